The highest BCUT2D eigenvalue weighted by molar-refractivity contribution is 5.82. The molecular formula is C27H28F3N2O+. The molecule has 0 aliphatic carbocycles. The lowest BCUT2D eigenvalue weighted by Gasteiger charge is -2.58. The van der Waals surface area contributed by atoms with Crippen molar-refractivity contribution in [1.82, 2.24) is 4.98 Å². The van der Waals surface area contributed by atoms with E-state index >= 15 is 0 Å². The topological polar surface area (TPSA) is 33.1 Å². The lowest BCUT2D eigenvalue weighted by molar-refractivity contribution is -0.984. The Hall–Kier alpha value is -2.70. The Labute approximate surface area is 191 Å². The van der Waals surface area contributed by atoms with Crippen LogP contribution in [0.2, 0.25) is 0 Å². The van der Waals surface area contributed by atoms with E-state index in [1.807, 2.05) is 36.4 Å². The van der Waals surface area contributed by atoms with Crippen LogP contribution in [0.3, 0.4) is 0 Å². The van der Waals surface area contributed by atoms with Gasteiger partial charge in [0.1, 0.15) is 18.7 Å². The number of pyridine rings is 1. The Bertz CT molecular complexity index is 1170. The van der Waals surface area contributed by atoms with Gasteiger partial charge in [-0.05, 0) is 35.7 Å². The predicted molar refractivity (Wildman–Crippen MR) is 122 cm³/mol. The van der Waals surface area contributed by atoms with Gasteiger partial charge in [0.2, 0.25) is 0 Å². The number of quaternary nitrogens is 1. The number of benzene rings is 2. The molecule has 5 atom stereocenters. The maximum Gasteiger partial charge on any atom is 0.416 e. The second kappa shape index (κ2) is 8.26. The number of nitrogens with zero attached hydrogens (tertiary/aromatic N) is 2. The number of halogens is 3. The van der Waals surface area contributed by atoms with Crippen molar-refractivity contribution in [2.24, 2.45) is 11.8 Å². The molecule has 6 rings (SSSR count). The predicted octanol–water partition coefficient (Wildman–Crippen LogP) is 5.90. The zero-order valence-electron chi connectivity index (χ0n) is 18.4. The summed E-state index contributed by atoms with van der Waals surface area (Å²) in [6.07, 6.45) is 0.443. The number of fused-ring (bicyclic) bond motifs is 4. The van der Waals surface area contributed by atoms with Gasteiger partial charge in [0, 0.05) is 35.9 Å². The van der Waals surface area contributed by atoms with Crippen molar-refractivity contribution in [3.63, 3.8) is 0 Å². The fourth-order valence-corrected chi connectivity index (χ4v) is 6.17. The van der Waals surface area contributed by atoms with Crippen molar-refractivity contribution in [1.29, 1.82) is 0 Å². The van der Waals surface area contributed by atoms with Gasteiger partial charge < -0.3 is 9.59 Å². The molecule has 2 aromatic carbocycles. The van der Waals surface area contributed by atoms with Crippen LogP contribution in [0.25, 0.3) is 10.9 Å². The van der Waals surface area contributed by atoms with Gasteiger partial charge in [-0.25, -0.2) is 0 Å². The molecule has 33 heavy (non-hydrogen) atoms. The molecule has 4 heterocycles. The molecule has 0 spiro atoms. The summed E-state index contributed by atoms with van der Waals surface area (Å²) in [6, 6.07) is 15.2. The zero-order chi connectivity index (χ0) is 23.2. The normalized spacial score (nSPS) is 28.1. The summed E-state index contributed by atoms with van der Waals surface area (Å²) >= 11 is 0. The summed E-state index contributed by atoms with van der Waals surface area (Å²) in [7, 11) is 0. The average molecular weight is 454 g/mol. The van der Waals surface area contributed by atoms with Crippen molar-refractivity contribution >= 4 is 10.9 Å². The Morgan fingerprint density at radius 2 is 1.97 bits per heavy atom. The van der Waals surface area contributed by atoms with Crippen LogP contribution < -0.4 is 0 Å². The quantitative estimate of drug-likeness (QED) is 0.386. The van der Waals surface area contributed by atoms with Crippen LogP contribution in [-0.2, 0) is 12.7 Å². The Balaban J connectivity index is 1.54. The third-order valence-corrected chi connectivity index (χ3v) is 7.79. The number of aliphatic hydroxyl groups is 1. The maximum absolute atomic E-state index is 13.4. The fourth-order valence-electron chi connectivity index (χ4n) is 6.17. The fraction of sp³-hybridized carbons (Fsp3) is 0.370. The van der Waals surface area contributed by atoms with Crippen LogP contribution in [0.15, 0.2) is 73.4 Å². The van der Waals surface area contributed by atoms with Crippen LogP contribution in [0.4, 0.5) is 13.2 Å². The molecule has 6 heteroatoms. The molecule has 1 N–H and O–H groups in total. The summed E-state index contributed by atoms with van der Waals surface area (Å²) in [5, 5.41) is 12.6. The van der Waals surface area contributed by atoms with Gasteiger partial charge in [0.05, 0.1) is 24.2 Å². The first-order valence-electron chi connectivity index (χ1n) is 11.5. The molecule has 3 aliphatic heterocycles. The lowest BCUT2D eigenvalue weighted by Crippen LogP contribution is -2.67. The molecule has 172 valence electrons. The Morgan fingerprint density at radius 1 is 1.15 bits per heavy atom. The smallest absolute Gasteiger partial charge is 0.382 e. The summed E-state index contributed by atoms with van der Waals surface area (Å²) in [6.45, 7) is 6.12. The molecule has 1 aromatic heterocycles. The number of rotatable bonds is 5. The first-order valence-corrected chi connectivity index (χ1v) is 11.5. The van der Waals surface area contributed by atoms with E-state index in [2.05, 4.69) is 11.6 Å². The van der Waals surface area contributed by atoms with E-state index in [1.54, 1.807) is 12.3 Å². The Kier molecular flexibility index (Phi) is 5.53. The molecular weight excluding hydrogens is 425 g/mol. The zero-order valence-corrected chi connectivity index (χ0v) is 18.4. The second-order valence-electron chi connectivity index (χ2n) is 9.59. The van der Waals surface area contributed by atoms with Gasteiger partial charge >= 0.3 is 6.18 Å². The second-order valence-corrected chi connectivity index (χ2v) is 9.59. The van der Waals surface area contributed by atoms with Crippen LogP contribution >= 0.6 is 0 Å². The van der Waals surface area contributed by atoms with E-state index in [1.165, 1.54) is 12.1 Å². The van der Waals surface area contributed by atoms with Crippen LogP contribution in [0, 0.1) is 11.8 Å². The number of alkyl halides is 3. The van der Waals surface area contributed by atoms with E-state index in [4.69, 9.17) is 0 Å². The van der Waals surface area contributed by atoms with Crippen LogP contribution in [0.5, 0.6) is 0 Å². The van der Waals surface area contributed by atoms with Gasteiger partial charge in [-0.15, -0.1) is 6.58 Å². The SMILES string of the molecule is C=CC1C[N+]2(Cc3cccc(C(F)(F)F)c3)CCC1CC2C(O)c1ccnc2ccccc12. The standard InChI is InChI=1S/C27H28F3N2O/c1-2-19-17-32(16-18-6-5-7-21(14-18)27(28,29)30)13-11-20(19)15-25(32)26(33)23-10-12-31-24-9-4-3-8-22(23)24/h2-10,12,14,19-20,25-26,33H,1,11,13,15-17H2/q+1. The first kappa shape index (κ1) is 22.1. The first-order chi connectivity index (χ1) is 15.8. The number of aromatic nitrogens is 1. The number of para-hydroxylation sites is 1. The molecule has 3 saturated heterocycles. The highest BCUT2D eigenvalue weighted by Gasteiger charge is 2.54. The molecule has 0 radical (unpaired) electrons. The van der Waals surface area contributed by atoms with Gasteiger partial charge in [-0.1, -0.05) is 36.4 Å². The highest BCUT2D eigenvalue weighted by Crippen LogP contribution is 2.48. The Morgan fingerprint density at radius 3 is 2.76 bits per heavy atom. The molecule has 3 fully saturated rings. The van der Waals surface area contributed by atoms with Crippen molar-refractivity contribution in [2.45, 2.75) is 37.7 Å². The van der Waals surface area contributed by atoms with Gasteiger partial charge in [0.25, 0.3) is 0 Å². The number of piperidine rings is 3. The summed E-state index contributed by atoms with van der Waals surface area (Å²) in [5.74, 6) is 0.749. The van der Waals surface area contributed by atoms with Crippen molar-refractivity contribution in [2.75, 3.05) is 13.1 Å². The average Bonchev–Trinajstić information content (AvgIpc) is 2.82. The van der Waals surface area contributed by atoms with Crippen LogP contribution in [-0.4, -0.2) is 33.7 Å². The summed E-state index contributed by atoms with van der Waals surface area (Å²) < 4.78 is 40.7. The van der Waals surface area contributed by atoms with E-state index in [9.17, 15) is 18.3 Å². The monoisotopic (exact) mass is 453 g/mol. The molecule has 3 aliphatic rings. The molecule has 2 bridgehead atoms. The minimum absolute atomic E-state index is 0.0969. The molecule has 3 aromatic rings. The van der Waals surface area contributed by atoms with E-state index in [0.29, 0.717) is 28.4 Å². The van der Waals surface area contributed by atoms with Crippen molar-refractivity contribution in [3.8, 4) is 0 Å². The minimum atomic E-state index is -4.37. The van der Waals surface area contributed by atoms with E-state index in [-0.39, 0.29) is 6.04 Å². The van der Waals surface area contributed by atoms with Crippen molar-refractivity contribution in [3.05, 3.63) is 90.1 Å². The van der Waals surface area contributed by atoms with Gasteiger partial charge in [-0.3, -0.25) is 4.98 Å². The molecule has 3 nitrogen and oxygen atoms in total. The lowest BCUT2D eigenvalue weighted by atomic mass is 9.71. The van der Waals surface area contributed by atoms with Gasteiger partial charge in [0.15, 0.2) is 0 Å². The number of hydrogen-bond acceptors (Lipinski definition) is 2. The molecule has 0 amide bonds. The maximum atomic E-state index is 13.4. The van der Waals surface area contributed by atoms with E-state index in [0.717, 1.165) is 48.5 Å². The third kappa shape index (κ3) is 3.96. The van der Waals surface area contributed by atoms with E-state index < -0.39 is 17.8 Å². The highest BCUT2D eigenvalue weighted by atomic mass is 19.4. The summed E-state index contributed by atoms with van der Waals surface area (Å²) in [5.41, 5.74) is 1.71. The van der Waals surface area contributed by atoms with Crippen molar-refractivity contribution < 1.29 is 22.8 Å². The molecule has 5 unspecified atom stereocenters. The van der Waals surface area contributed by atoms with Gasteiger partial charge in [-0.2, -0.15) is 13.2 Å². The summed E-state index contributed by atoms with van der Waals surface area (Å²) in [4.78, 5) is 4.42. The largest absolute Gasteiger partial charge is 0.416 e. The van der Waals surface area contributed by atoms with Crippen LogP contribution in [0.1, 0.15) is 35.6 Å². The minimum Gasteiger partial charge on any atom is -0.382 e. The molecule has 0 saturated carbocycles. The number of aliphatic hydroxyl groups excluding tert-OH is 1. The number of hydrogen-bond donors (Lipinski definition) is 1. The third-order valence-electron chi connectivity index (χ3n) is 7.79.